The lowest BCUT2D eigenvalue weighted by atomic mass is 10.1. The summed E-state index contributed by atoms with van der Waals surface area (Å²) in [5.41, 5.74) is 6.99. The number of nitrogens with one attached hydrogen (secondary N) is 1. The predicted molar refractivity (Wildman–Crippen MR) is 64.7 cm³/mol. The smallest absolute Gasteiger partial charge is 0.0766 e. The number of nitrogens with two attached hydrogens (primary N) is 1. The Morgan fingerprint density at radius 3 is 2.21 bits per heavy atom. The molecule has 1 unspecified atom stereocenters. The summed E-state index contributed by atoms with van der Waals surface area (Å²) in [6.07, 6.45) is 2.09. The van der Waals surface area contributed by atoms with Crippen molar-refractivity contribution in [1.29, 1.82) is 0 Å². The summed E-state index contributed by atoms with van der Waals surface area (Å²) in [7, 11) is 0. The summed E-state index contributed by atoms with van der Waals surface area (Å²) >= 11 is 1.74. The highest BCUT2D eigenvalue weighted by molar-refractivity contribution is 7.98. The SMILES string of the molecule is CSc1ccc(NC(N)C(C)C)cc1. The van der Waals surface area contributed by atoms with Crippen LogP contribution in [0, 0.1) is 5.92 Å². The Bertz CT molecular complexity index is 269. The van der Waals surface area contributed by atoms with Crippen molar-refractivity contribution in [3.8, 4) is 0 Å². The van der Waals surface area contributed by atoms with Crippen molar-refractivity contribution >= 4 is 17.4 Å². The number of thioether (sulfide) groups is 1. The van der Waals surface area contributed by atoms with E-state index in [0.717, 1.165) is 5.69 Å². The highest BCUT2D eigenvalue weighted by Crippen LogP contribution is 2.18. The van der Waals surface area contributed by atoms with Crippen LogP contribution in [0.15, 0.2) is 29.2 Å². The maximum Gasteiger partial charge on any atom is 0.0766 e. The van der Waals surface area contributed by atoms with Gasteiger partial charge in [0.2, 0.25) is 0 Å². The van der Waals surface area contributed by atoms with E-state index in [1.165, 1.54) is 4.90 Å². The molecule has 14 heavy (non-hydrogen) atoms. The van der Waals surface area contributed by atoms with Crippen molar-refractivity contribution in [2.75, 3.05) is 11.6 Å². The molecule has 1 aromatic carbocycles. The lowest BCUT2D eigenvalue weighted by Crippen LogP contribution is -2.34. The molecule has 0 heterocycles. The molecule has 0 radical (unpaired) electrons. The van der Waals surface area contributed by atoms with E-state index in [1.54, 1.807) is 11.8 Å². The summed E-state index contributed by atoms with van der Waals surface area (Å²) in [5, 5.41) is 3.26. The first kappa shape index (κ1) is 11.4. The third-order valence-corrected chi connectivity index (χ3v) is 2.89. The summed E-state index contributed by atoms with van der Waals surface area (Å²) in [6.45, 7) is 4.21. The molecule has 1 rings (SSSR count). The van der Waals surface area contributed by atoms with Crippen LogP contribution < -0.4 is 11.1 Å². The molecule has 0 aliphatic carbocycles. The van der Waals surface area contributed by atoms with Crippen LogP contribution in [-0.4, -0.2) is 12.4 Å². The number of benzene rings is 1. The summed E-state index contributed by atoms with van der Waals surface area (Å²) in [6, 6.07) is 8.32. The third kappa shape index (κ3) is 3.24. The maximum absolute atomic E-state index is 5.90. The molecule has 0 saturated heterocycles. The van der Waals surface area contributed by atoms with Gasteiger partial charge in [-0.3, -0.25) is 0 Å². The van der Waals surface area contributed by atoms with E-state index in [0.29, 0.717) is 5.92 Å². The van der Waals surface area contributed by atoms with Gasteiger partial charge in [0, 0.05) is 10.6 Å². The van der Waals surface area contributed by atoms with Crippen molar-refractivity contribution < 1.29 is 0 Å². The van der Waals surface area contributed by atoms with Gasteiger partial charge < -0.3 is 11.1 Å². The van der Waals surface area contributed by atoms with Gasteiger partial charge in [-0.05, 0) is 36.4 Å². The molecule has 0 amide bonds. The molecule has 78 valence electrons. The topological polar surface area (TPSA) is 38.0 Å². The van der Waals surface area contributed by atoms with Crippen LogP contribution in [-0.2, 0) is 0 Å². The standard InChI is InChI=1S/C11H18N2S/c1-8(2)11(12)13-9-4-6-10(14-3)7-5-9/h4-8,11,13H,12H2,1-3H3. The van der Waals surface area contributed by atoms with E-state index in [-0.39, 0.29) is 6.17 Å². The Morgan fingerprint density at radius 2 is 1.79 bits per heavy atom. The van der Waals surface area contributed by atoms with Crippen molar-refractivity contribution in [3.05, 3.63) is 24.3 Å². The van der Waals surface area contributed by atoms with Crippen LogP contribution in [0.5, 0.6) is 0 Å². The van der Waals surface area contributed by atoms with Gasteiger partial charge in [-0.25, -0.2) is 0 Å². The molecular weight excluding hydrogens is 192 g/mol. The average molecular weight is 210 g/mol. The lowest BCUT2D eigenvalue weighted by molar-refractivity contribution is 0.540. The minimum absolute atomic E-state index is 0.0233. The van der Waals surface area contributed by atoms with Gasteiger partial charge in [0.05, 0.1) is 6.17 Å². The second-order valence-corrected chi connectivity index (χ2v) is 4.52. The second-order valence-electron chi connectivity index (χ2n) is 3.64. The highest BCUT2D eigenvalue weighted by atomic mass is 32.2. The van der Waals surface area contributed by atoms with E-state index in [9.17, 15) is 0 Å². The Hall–Kier alpha value is -0.670. The van der Waals surface area contributed by atoms with E-state index < -0.39 is 0 Å². The number of anilines is 1. The zero-order chi connectivity index (χ0) is 10.6. The molecule has 0 spiro atoms. The molecule has 0 aliphatic rings. The van der Waals surface area contributed by atoms with Gasteiger partial charge in [-0.1, -0.05) is 13.8 Å². The zero-order valence-corrected chi connectivity index (χ0v) is 9.77. The van der Waals surface area contributed by atoms with Crippen molar-refractivity contribution in [1.82, 2.24) is 0 Å². The molecule has 0 aliphatic heterocycles. The number of hydrogen-bond donors (Lipinski definition) is 2. The first-order chi connectivity index (χ1) is 6.63. The van der Waals surface area contributed by atoms with Gasteiger partial charge in [0.1, 0.15) is 0 Å². The lowest BCUT2D eigenvalue weighted by Gasteiger charge is -2.18. The molecule has 2 nitrogen and oxygen atoms in total. The highest BCUT2D eigenvalue weighted by Gasteiger charge is 2.06. The third-order valence-electron chi connectivity index (χ3n) is 2.14. The minimum Gasteiger partial charge on any atom is -0.370 e. The van der Waals surface area contributed by atoms with Crippen LogP contribution in [0.2, 0.25) is 0 Å². The Balaban J connectivity index is 2.59. The second kappa shape index (κ2) is 5.27. The van der Waals surface area contributed by atoms with Gasteiger partial charge in [0.25, 0.3) is 0 Å². The molecule has 0 fully saturated rings. The van der Waals surface area contributed by atoms with Crippen LogP contribution in [0.1, 0.15) is 13.8 Å². The number of rotatable bonds is 4. The average Bonchev–Trinajstić information content (AvgIpc) is 2.19. The Labute approximate surface area is 90.3 Å². The molecule has 1 aromatic rings. The van der Waals surface area contributed by atoms with Crippen LogP contribution in [0.3, 0.4) is 0 Å². The molecule has 0 aromatic heterocycles. The Morgan fingerprint density at radius 1 is 1.21 bits per heavy atom. The zero-order valence-electron chi connectivity index (χ0n) is 8.95. The van der Waals surface area contributed by atoms with E-state index in [1.807, 2.05) is 0 Å². The van der Waals surface area contributed by atoms with Crippen LogP contribution in [0.25, 0.3) is 0 Å². The fourth-order valence-corrected chi connectivity index (χ4v) is 1.45. The van der Waals surface area contributed by atoms with Gasteiger partial charge >= 0.3 is 0 Å². The first-order valence-corrected chi connectivity index (χ1v) is 6.02. The fraction of sp³-hybridized carbons (Fsp3) is 0.455. The molecule has 0 saturated carbocycles. The fourth-order valence-electron chi connectivity index (χ4n) is 1.05. The quantitative estimate of drug-likeness (QED) is 0.593. The van der Waals surface area contributed by atoms with Crippen LogP contribution >= 0.6 is 11.8 Å². The molecule has 1 atom stereocenters. The normalized spacial score (nSPS) is 12.9. The van der Waals surface area contributed by atoms with Crippen molar-refractivity contribution in [3.63, 3.8) is 0 Å². The van der Waals surface area contributed by atoms with Crippen molar-refractivity contribution in [2.45, 2.75) is 24.9 Å². The molecule has 3 N–H and O–H groups in total. The largest absolute Gasteiger partial charge is 0.370 e. The van der Waals surface area contributed by atoms with E-state index >= 15 is 0 Å². The van der Waals surface area contributed by atoms with Gasteiger partial charge in [0.15, 0.2) is 0 Å². The monoisotopic (exact) mass is 210 g/mol. The number of hydrogen-bond acceptors (Lipinski definition) is 3. The first-order valence-electron chi connectivity index (χ1n) is 4.79. The molecule has 0 bridgehead atoms. The summed E-state index contributed by atoms with van der Waals surface area (Å²) in [5.74, 6) is 0.440. The van der Waals surface area contributed by atoms with Gasteiger partial charge in [-0.15, -0.1) is 11.8 Å². The van der Waals surface area contributed by atoms with E-state index in [2.05, 4.69) is 49.7 Å². The summed E-state index contributed by atoms with van der Waals surface area (Å²) in [4.78, 5) is 1.27. The van der Waals surface area contributed by atoms with Gasteiger partial charge in [-0.2, -0.15) is 0 Å². The van der Waals surface area contributed by atoms with Crippen molar-refractivity contribution in [2.24, 2.45) is 11.7 Å². The maximum atomic E-state index is 5.90. The molecular formula is C11H18N2S. The van der Waals surface area contributed by atoms with E-state index in [4.69, 9.17) is 5.73 Å². The minimum atomic E-state index is 0.0233. The summed E-state index contributed by atoms with van der Waals surface area (Å²) < 4.78 is 0. The molecule has 3 heteroatoms. The Kier molecular flexibility index (Phi) is 4.29. The predicted octanol–water partition coefficient (Wildman–Crippen LogP) is 2.76. The van der Waals surface area contributed by atoms with Crippen LogP contribution in [0.4, 0.5) is 5.69 Å².